The van der Waals surface area contributed by atoms with Crippen molar-refractivity contribution in [2.45, 2.75) is 24.8 Å². The number of carbonyl (C=O) groups excluding carboxylic acids is 1. The molecule has 156 valence electrons. The molecule has 0 saturated carbocycles. The van der Waals surface area contributed by atoms with Crippen LogP contribution in [0.25, 0.3) is 11.0 Å². The van der Waals surface area contributed by atoms with E-state index in [1.54, 1.807) is 17.1 Å². The molecular formula is C22H23Cl2N5O. The Kier molecular flexibility index (Phi) is 5.17. The number of halogens is 2. The Labute approximate surface area is 185 Å². The van der Waals surface area contributed by atoms with E-state index < -0.39 is 0 Å². The number of aromatic nitrogens is 3. The molecule has 0 bridgehead atoms. The molecule has 0 N–H and O–H groups in total. The third-order valence-electron chi connectivity index (χ3n) is 6.46. The van der Waals surface area contributed by atoms with Gasteiger partial charge in [-0.15, -0.1) is 0 Å². The van der Waals surface area contributed by atoms with Crippen LogP contribution in [0.5, 0.6) is 0 Å². The van der Waals surface area contributed by atoms with Gasteiger partial charge in [-0.2, -0.15) is 5.10 Å². The fourth-order valence-corrected chi connectivity index (χ4v) is 5.14. The molecule has 2 atom stereocenters. The zero-order chi connectivity index (χ0) is 20.8. The number of carbonyl (C=O) groups is 1. The minimum Gasteiger partial charge on any atom is -0.336 e. The number of piperidine rings is 1. The van der Waals surface area contributed by atoms with Crippen molar-refractivity contribution in [3.8, 4) is 0 Å². The first-order valence-corrected chi connectivity index (χ1v) is 11.0. The maximum absolute atomic E-state index is 13.2. The lowest BCUT2D eigenvalue weighted by Gasteiger charge is -2.46. The first-order valence-electron chi connectivity index (χ1n) is 10.3. The van der Waals surface area contributed by atoms with E-state index in [4.69, 9.17) is 23.2 Å². The second-order valence-electron chi connectivity index (χ2n) is 8.22. The third-order valence-corrected chi connectivity index (χ3v) is 7.12. The van der Waals surface area contributed by atoms with E-state index in [-0.39, 0.29) is 5.91 Å². The van der Waals surface area contributed by atoms with E-state index in [1.807, 2.05) is 24.1 Å². The van der Waals surface area contributed by atoms with Gasteiger partial charge >= 0.3 is 0 Å². The van der Waals surface area contributed by atoms with Crippen LogP contribution in [-0.2, 0) is 7.05 Å². The SMILES string of the molecule is Cn1ncc2c(Cl)c(C(=O)N3CCN4C[C@@H](c5ccc(Cl)cc5)CC[C@@H]4C3)cnc21. The lowest BCUT2D eigenvalue weighted by Crippen LogP contribution is -2.57. The molecule has 0 unspecified atom stereocenters. The average Bonchev–Trinajstić information content (AvgIpc) is 3.15. The number of fused-ring (bicyclic) bond motifs is 2. The zero-order valence-corrected chi connectivity index (χ0v) is 18.3. The Morgan fingerprint density at radius 2 is 1.87 bits per heavy atom. The quantitative estimate of drug-likeness (QED) is 0.600. The summed E-state index contributed by atoms with van der Waals surface area (Å²) in [6.07, 6.45) is 5.44. The monoisotopic (exact) mass is 443 g/mol. The number of aryl methyl sites for hydroxylation is 1. The van der Waals surface area contributed by atoms with Crippen molar-refractivity contribution in [1.82, 2.24) is 24.6 Å². The Bertz CT molecular complexity index is 1100. The number of nitrogens with zero attached hydrogens (tertiary/aromatic N) is 5. The van der Waals surface area contributed by atoms with Gasteiger partial charge in [-0.1, -0.05) is 35.3 Å². The predicted octanol–water partition coefficient (Wildman–Crippen LogP) is 3.98. The second kappa shape index (κ2) is 7.84. The summed E-state index contributed by atoms with van der Waals surface area (Å²) in [4.78, 5) is 22.1. The first-order chi connectivity index (χ1) is 14.5. The molecule has 0 radical (unpaired) electrons. The highest BCUT2D eigenvalue weighted by atomic mass is 35.5. The summed E-state index contributed by atoms with van der Waals surface area (Å²) in [5.41, 5.74) is 2.49. The average molecular weight is 444 g/mol. The molecule has 4 heterocycles. The van der Waals surface area contributed by atoms with Crippen LogP contribution in [0.15, 0.2) is 36.7 Å². The molecule has 2 aromatic heterocycles. The normalized spacial score (nSPS) is 22.3. The van der Waals surface area contributed by atoms with Crippen LogP contribution in [0.3, 0.4) is 0 Å². The van der Waals surface area contributed by atoms with E-state index in [9.17, 15) is 4.79 Å². The zero-order valence-electron chi connectivity index (χ0n) is 16.8. The molecule has 6 nitrogen and oxygen atoms in total. The van der Waals surface area contributed by atoms with Crippen molar-refractivity contribution in [3.05, 3.63) is 57.8 Å². The van der Waals surface area contributed by atoms with Gasteiger partial charge < -0.3 is 4.90 Å². The molecule has 2 aliphatic rings. The number of piperazine rings is 1. The van der Waals surface area contributed by atoms with E-state index >= 15 is 0 Å². The van der Waals surface area contributed by atoms with Crippen molar-refractivity contribution in [3.63, 3.8) is 0 Å². The molecule has 2 fully saturated rings. The van der Waals surface area contributed by atoms with Crippen molar-refractivity contribution < 1.29 is 4.79 Å². The fraction of sp³-hybridized carbons (Fsp3) is 0.409. The van der Waals surface area contributed by atoms with E-state index in [0.717, 1.165) is 37.5 Å². The summed E-state index contributed by atoms with van der Waals surface area (Å²) in [6, 6.07) is 8.60. The van der Waals surface area contributed by atoms with Gasteiger partial charge in [-0.05, 0) is 36.5 Å². The topological polar surface area (TPSA) is 54.3 Å². The molecule has 1 aromatic carbocycles. The van der Waals surface area contributed by atoms with Crippen LogP contribution in [0.1, 0.15) is 34.7 Å². The van der Waals surface area contributed by atoms with Gasteiger partial charge in [0.1, 0.15) is 0 Å². The number of amides is 1. The van der Waals surface area contributed by atoms with Gasteiger partial charge in [0.15, 0.2) is 5.65 Å². The smallest absolute Gasteiger partial charge is 0.257 e. The van der Waals surface area contributed by atoms with E-state index in [1.165, 1.54) is 5.56 Å². The molecule has 8 heteroatoms. The van der Waals surface area contributed by atoms with Gasteiger partial charge in [-0.3, -0.25) is 14.4 Å². The summed E-state index contributed by atoms with van der Waals surface area (Å²) < 4.78 is 1.66. The van der Waals surface area contributed by atoms with Crippen LogP contribution in [0.4, 0.5) is 0 Å². The number of benzene rings is 1. The van der Waals surface area contributed by atoms with Gasteiger partial charge in [0.05, 0.1) is 22.2 Å². The van der Waals surface area contributed by atoms with Crippen molar-refractivity contribution in [2.75, 3.05) is 26.2 Å². The highest BCUT2D eigenvalue weighted by Crippen LogP contribution is 2.33. The van der Waals surface area contributed by atoms with Gasteiger partial charge in [0, 0.05) is 50.5 Å². The summed E-state index contributed by atoms with van der Waals surface area (Å²) in [5, 5.41) is 6.12. The molecule has 2 aliphatic heterocycles. The van der Waals surface area contributed by atoms with Gasteiger partial charge in [0.25, 0.3) is 5.91 Å². The van der Waals surface area contributed by atoms with Crippen LogP contribution in [0, 0.1) is 0 Å². The summed E-state index contributed by atoms with van der Waals surface area (Å²) >= 11 is 12.6. The molecule has 0 aliphatic carbocycles. The number of pyridine rings is 1. The Balaban J connectivity index is 1.29. The Morgan fingerprint density at radius 3 is 2.67 bits per heavy atom. The second-order valence-corrected chi connectivity index (χ2v) is 9.03. The fourth-order valence-electron chi connectivity index (χ4n) is 4.75. The molecule has 30 heavy (non-hydrogen) atoms. The van der Waals surface area contributed by atoms with Crippen LogP contribution in [-0.4, -0.2) is 62.7 Å². The number of hydrogen-bond acceptors (Lipinski definition) is 4. The Hall–Kier alpha value is -2.15. The first kappa shape index (κ1) is 19.8. The lowest BCUT2D eigenvalue weighted by atomic mass is 9.86. The van der Waals surface area contributed by atoms with Crippen molar-refractivity contribution in [1.29, 1.82) is 0 Å². The lowest BCUT2D eigenvalue weighted by molar-refractivity contribution is 0.0329. The minimum atomic E-state index is -0.0438. The van der Waals surface area contributed by atoms with Crippen molar-refractivity contribution in [2.24, 2.45) is 7.05 Å². The van der Waals surface area contributed by atoms with Gasteiger partial charge in [0.2, 0.25) is 0 Å². The van der Waals surface area contributed by atoms with E-state index in [0.29, 0.717) is 40.1 Å². The van der Waals surface area contributed by atoms with Crippen LogP contribution < -0.4 is 0 Å². The largest absolute Gasteiger partial charge is 0.336 e. The summed E-state index contributed by atoms with van der Waals surface area (Å²) in [7, 11) is 1.81. The molecular weight excluding hydrogens is 421 g/mol. The maximum atomic E-state index is 13.2. The summed E-state index contributed by atoms with van der Waals surface area (Å²) in [5.74, 6) is 0.477. The number of hydrogen-bond donors (Lipinski definition) is 0. The highest BCUT2D eigenvalue weighted by molar-refractivity contribution is 6.38. The molecule has 2 saturated heterocycles. The standard InChI is InChI=1S/C22H23Cl2N5O/c1-27-21-18(11-26-27)20(24)19(10-25-21)22(30)29-9-8-28-12-15(4-7-17(28)13-29)14-2-5-16(23)6-3-14/h2-3,5-6,10-11,15,17H,4,7-9,12-13H2,1H3/t15-,17+/m0/s1. The Morgan fingerprint density at radius 1 is 1.07 bits per heavy atom. The highest BCUT2D eigenvalue weighted by Gasteiger charge is 2.35. The molecule has 0 spiro atoms. The van der Waals surface area contributed by atoms with Crippen LogP contribution >= 0.6 is 23.2 Å². The maximum Gasteiger partial charge on any atom is 0.257 e. The molecule has 1 amide bonds. The number of rotatable bonds is 2. The van der Waals surface area contributed by atoms with Crippen LogP contribution in [0.2, 0.25) is 10.0 Å². The summed E-state index contributed by atoms with van der Waals surface area (Å²) in [6.45, 7) is 3.33. The molecule has 3 aromatic rings. The van der Waals surface area contributed by atoms with E-state index in [2.05, 4.69) is 27.1 Å². The minimum absolute atomic E-state index is 0.0438. The van der Waals surface area contributed by atoms with Gasteiger partial charge in [-0.25, -0.2) is 4.98 Å². The third kappa shape index (κ3) is 3.47. The predicted molar refractivity (Wildman–Crippen MR) is 118 cm³/mol. The molecule has 5 rings (SSSR count). The van der Waals surface area contributed by atoms with Crippen molar-refractivity contribution >= 4 is 40.1 Å².